The fourth-order valence-corrected chi connectivity index (χ4v) is 5.17. The topological polar surface area (TPSA) is 79.1 Å². The van der Waals surface area contributed by atoms with Crippen LogP contribution in [0.2, 0.25) is 0 Å². The van der Waals surface area contributed by atoms with Crippen molar-refractivity contribution in [2.75, 3.05) is 13.7 Å². The van der Waals surface area contributed by atoms with Gasteiger partial charge in [0.05, 0.1) is 41.7 Å². The number of rotatable bonds is 7. The van der Waals surface area contributed by atoms with Crippen molar-refractivity contribution >= 4 is 23.4 Å². The second kappa shape index (κ2) is 10.5. The summed E-state index contributed by atoms with van der Waals surface area (Å²) in [4.78, 5) is 32.0. The highest BCUT2D eigenvalue weighted by Gasteiger charge is 2.34. The zero-order chi connectivity index (χ0) is 26.0. The Hall–Kier alpha value is -3.65. The van der Waals surface area contributed by atoms with Gasteiger partial charge in [-0.05, 0) is 64.0 Å². The van der Waals surface area contributed by atoms with Crippen molar-refractivity contribution in [3.8, 4) is 11.5 Å². The highest BCUT2D eigenvalue weighted by molar-refractivity contribution is 7.07. The summed E-state index contributed by atoms with van der Waals surface area (Å²) in [5, 5.41) is 0. The number of benzene rings is 2. The van der Waals surface area contributed by atoms with Crippen LogP contribution in [0.25, 0.3) is 6.08 Å². The lowest BCUT2D eigenvalue weighted by molar-refractivity contribution is -0.139. The largest absolute Gasteiger partial charge is 0.493 e. The van der Waals surface area contributed by atoms with Gasteiger partial charge in [0, 0.05) is 0 Å². The van der Waals surface area contributed by atoms with Crippen molar-refractivity contribution in [1.82, 2.24) is 4.57 Å². The summed E-state index contributed by atoms with van der Waals surface area (Å²) in [6.45, 7) is 9.62. The minimum atomic E-state index is -0.720. The summed E-state index contributed by atoms with van der Waals surface area (Å²) in [6.07, 6.45) is 1.81. The van der Waals surface area contributed by atoms with Gasteiger partial charge in [0.1, 0.15) is 0 Å². The molecule has 188 valence electrons. The van der Waals surface area contributed by atoms with Crippen LogP contribution in [0.1, 0.15) is 50.4 Å². The van der Waals surface area contributed by atoms with Gasteiger partial charge < -0.3 is 14.2 Å². The molecule has 0 spiro atoms. The van der Waals surface area contributed by atoms with E-state index in [4.69, 9.17) is 14.2 Å². The lowest BCUT2D eigenvalue weighted by Crippen LogP contribution is -2.40. The molecule has 0 amide bonds. The number of hydrogen-bond donors (Lipinski definition) is 0. The molecule has 36 heavy (non-hydrogen) atoms. The van der Waals surface area contributed by atoms with Crippen LogP contribution in [0.3, 0.4) is 0 Å². The number of esters is 1. The van der Waals surface area contributed by atoms with Crippen LogP contribution in [0.5, 0.6) is 11.5 Å². The highest BCUT2D eigenvalue weighted by Crippen LogP contribution is 2.36. The van der Waals surface area contributed by atoms with E-state index in [2.05, 4.69) is 4.99 Å². The van der Waals surface area contributed by atoms with Gasteiger partial charge in [-0.25, -0.2) is 9.79 Å². The summed E-state index contributed by atoms with van der Waals surface area (Å²) in [6, 6.07) is 12.7. The van der Waals surface area contributed by atoms with Gasteiger partial charge in [0.2, 0.25) is 0 Å². The molecule has 0 N–H and O–H groups in total. The lowest BCUT2D eigenvalue weighted by Gasteiger charge is -2.25. The van der Waals surface area contributed by atoms with Crippen LogP contribution < -0.4 is 24.4 Å². The fourth-order valence-electron chi connectivity index (χ4n) is 4.13. The highest BCUT2D eigenvalue weighted by atomic mass is 32.1. The molecule has 0 aliphatic carbocycles. The molecule has 1 aliphatic heterocycles. The molecule has 0 unspecified atom stereocenters. The number of thiazole rings is 1. The number of ether oxygens (including phenoxy) is 3. The SMILES string of the molecule is CCOC(=O)C1=C(C)N=c2s/c(=C\c3ccc(C)cc3)c(=O)n2[C@H]1c1ccc(OC(C)C)c(OC)c1. The maximum absolute atomic E-state index is 13.7. The van der Waals surface area contributed by atoms with Crippen LogP contribution in [0.15, 0.2) is 63.5 Å². The Morgan fingerprint density at radius 1 is 1.14 bits per heavy atom. The van der Waals surface area contributed by atoms with E-state index >= 15 is 0 Å². The molecular formula is C28H30N2O5S. The van der Waals surface area contributed by atoms with E-state index in [-0.39, 0.29) is 18.3 Å². The van der Waals surface area contributed by atoms with Crippen LogP contribution in [0, 0.1) is 6.92 Å². The number of fused-ring (bicyclic) bond motifs is 1. The van der Waals surface area contributed by atoms with Gasteiger partial charge in [-0.2, -0.15) is 0 Å². The lowest BCUT2D eigenvalue weighted by atomic mass is 9.95. The van der Waals surface area contributed by atoms with E-state index in [0.717, 1.165) is 11.1 Å². The molecule has 1 aromatic heterocycles. The van der Waals surface area contributed by atoms with E-state index < -0.39 is 12.0 Å². The van der Waals surface area contributed by atoms with E-state index in [0.29, 0.717) is 37.7 Å². The predicted molar refractivity (Wildman–Crippen MR) is 140 cm³/mol. The molecule has 0 bridgehead atoms. The van der Waals surface area contributed by atoms with Crippen molar-refractivity contribution in [3.05, 3.63) is 90.1 Å². The Morgan fingerprint density at radius 3 is 2.50 bits per heavy atom. The van der Waals surface area contributed by atoms with E-state index in [1.807, 2.05) is 57.2 Å². The molecule has 8 heteroatoms. The number of allylic oxidation sites excluding steroid dienone is 1. The van der Waals surface area contributed by atoms with Crippen molar-refractivity contribution < 1.29 is 19.0 Å². The number of carbonyl (C=O) groups excluding carboxylic acids is 1. The van der Waals surface area contributed by atoms with Crippen molar-refractivity contribution in [2.45, 2.75) is 46.8 Å². The Balaban J connectivity index is 1.94. The van der Waals surface area contributed by atoms with E-state index in [1.165, 1.54) is 11.3 Å². The standard InChI is InChI=1S/C28H30N2O5S/c1-7-34-27(32)24-18(5)29-28-30(26(31)23(36-28)14-19-10-8-17(4)9-11-19)25(24)20-12-13-21(35-16(2)3)22(15-20)33-6/h8-16,25H,7H2,1-6H3/b23-14-/t25-/m0/s1. The summed E-state index contributed by atoms with van der Waals surface area (Å²) >= 11 is 1.30. The van der Waals surface area contributed by atoms with Gasteiger partial charge in [-0.1, -0.05) is 47.2 Å². The summed E-state index contributed by atoms with van der Waals surface area (Å²) in [5.74, 6) is 0.597. The Bertz CT molecular complexity index is 1500. The molecule has 0 saturated heterocycles. The van der Waals surface area contributed by atoms with E-state index in [9.17, 15) is 9.59 Å². The third kappa shape index (κ3) is 4.99. The van der Waals surface area contributed by atoms with Crippen LogP contribution in [0.4, 0.5) is 0 Å². The monoisotopic (exact) mass is 506 g/mol. The smallest absolute Gasteiger partial charge is 0.338 e. The molecule has 0 fully saturated rings. The average molecular weight is 507 g/mol. The number of aryl methyl sites for hydroxylation is 1. The minimum absolute atomic E-state index is 0.0403. The second-order valence-corrected chi connectivity index (χ2v) is 9.80. The van der Waals surface area contributed by atoms with Crippen molar-refractivity contribution in [3.63, 3.8) is 0 Å². The second-order valence-electron chi connectivity index (χ2n) is 8.79. The zero-order valence-electron chi connectivity index (χ0n) is 21.3. The molecule has 2 heterocycles. The third-order valence-electron chi connectivity index (χ3n) is 5.76. The number of hydrogen-bond acceptors (Lipinski definition) is 7. The van der Waals surface area contributed by atoms with Gasteiger partial charge in [0.25, 0.3) is 5.56 Å². The van der Waals surface area contributed by atoms with Crippen LogP contribution in [-0.4, -0.2) is 30.4 Å². The normalized spacial score (nSPS) is 15.5. The molecule has 2 aromatic carbocycles. The summed E-state index contributed by atoms with van der Waals surface area (Å²) in [5.41, 5.74) is 3.37. The molecule has 4 rings (SSSR count). The Morgan fingerprint density at radius 2 is 1.86 bits per heavy atom. The average Bonchev–Trinajstić information content (AvgIpc) is 3.14. The number of carbonyl (C=O) groups is 1. The van der Waals surface area contributed by atoms with Crippen LogP contribution in [-0.2, 0) is 9.53 Å². The number of nitrogens with zero attached hydrogens (tertiary/aromatic N) is 2. The summed E-state index contributed by atoms with van der Waals surface area (Å²) in [7, 11) is 1.56. The molecule has 0 radical (unpaired) electrons. The molecule has 7 nitrogen and oxygen atoms in total. The van der Waals surface area contributed by atoms with Gasteiger partial charge >= 0.3 is 5.97 Å². The zero-order valence-corrected chi connectivity index (χ0v) is 22.1. The van der Waals surface area contributed by atoms with Crippen molar-refractivity contribution in [2.24, 2.45) is 4.99 Å². The van der Waals surface area contributed by atoms with Crippen LogP contribution >= 0.6 is 11.3 Å². The predicted octanol–water partition coefficient (Wildman–Crippen LogP) is 3.90. The quantitative estimate of drug-likeness (QED) is 0.454. The van der Waals surface area contributed by atoms with Gasteiger partial charge in [-0.15, -0.1) is 0 Å². The minimum Gasteiger partial charge on any atom is -0.493 e. The molecule has 3 aromatic rings. The molecule has 1 aliphatic rings. The van der Waals surface area contributed by atoms with E-state index in [1.54, 1.807) is 37.7 Å². The molecular weight excluding hydrogens is 476 g/mol. The maximum atomic E-state index is 13.7. The Labute approximate surface area is 214 Å². The number of methoxy groups -OCH3 is 1. The first-order valence-corrected chi connectivity index (χ1v) is 12.7. The first-order valence-electron chi connectivity index (χ1n) is 11.8. The fraction of sp³-hybridized carbons (Fsp3) is 0.321. The van der Waals surface area contributed by atoms with Crippen molar-refractivity contribution in [1.29, 1.82) is 0 Å². The van der Waals surface area contributed by atoms with Gasteiger partial charge in [0.15, 0.2) is 16.3 Å². The molecule has 1 atom stereocenters. The maximum Gasteiger partial charge on any atom is 0.338 e. The first-order chi connectivity index (χ1) is 17.2. The third-order valence-corrected chi connectivity index (χ3v) is 6.74. The number of aromatic nitrogens is 1. The summed E-state index contributed by atoms with van der Waals surface area (Å²) < 4.78 is 18.9. The van der Waals surface area contributed by atoms with Gasteiger partial charge in [-0.3, -0.25) is 9.36 Å². The molecule has 0 saturated carbocycles. The first kappa shape index (κ1) is 25.4. The Kier molecular flexibility index (Phi) is 7.45.